The highest BCUT2D eigenvalue weighted by Crippen LogP contribution is 2.05. The number of amides is 1. The Morgan fingerprint density at radius 2 is 2.05 bits per heavy atom. The van der Waals surface area contributed by atoms with Crippen molar-refractivity contribution in [2.45, 2.75) is 19.4 Å². The Labute approximate surface area is 118 Å². The second kappa shape index (κ2) is 6.16. The van der Waals surface area contributed by atoms with Crippen LogP contribution in [0.2, 0.25) is 0 Å². The average molecular weight is 301 g/mol. The Morgan fingerprint density at radius 1 is 1.40 bits per heavy atom. The Hall–Kier alpha value is -1.71. The molecule has 0 spiro atoms. The maximum absolute atomic E-state index is 11.9. The number of nitrogens with two attached hydrogens (primary N) is 1. The number of nitrogens with one attached hydrogen (secondary N) is 3. The SMILES string of the molecule is CC(C)(CNC(=O)c1ccc(NN)cn1)NS(C)(=O)=O. The number of sulfonamides is 1. The molecule has 1 rings (SSSR count). The molecule has 1 amide bonds. The van der Waals surface area contributed by atoms with Crippen molar-refractivity contribution in [3.05, 3.63) is 24.0 Å². The van der Waals surface area contributed by atoms with Crippen LogP contribution in [0.5, 0.6) is 0 Å². The molecule has 5 N–H and O–H groups in total. The van der Waals surface area contributed by atoms with E-state index < -0.39 is 21.5 Å². The van der Waals surface area contributed by atoms with Gasteiger partial charge in [0.2, 0.25) is 10.0 Å². The van der Waals surface area contributed by atoms with E-state index in [9.17, 15) is 13.2 Å². The van der Waals surface area contributed by atoms with Gasteiger partial charge in [0.1, 0.15) is 5.69 Å². The summed E-state index contributed by atoms with van der Waals surface area (Å²) in [7, 11) is -3.34. The molecule has 8 nitrogen and oxygen atoms in total. The van der Waals surface area contributed by atoms with Gasteiger partial charge in [-0.2, -0.15) is 0 Å². The van der Waals surface area contributed by atoms with Crippen LogP contribution in [0, 0.1) is 0 Å². The lowest BCUT2D eigenvalue weighted by molar-refractivity contribution is 0.0939. The fraction of sp³-hybridized carbons (Fsp3) is 0.455. The summed E-state index contributed by atoms with van der Waals surface area (Å²) >= 11 is 0. The van der Waals surface area contributed by atoms with Gasteiger partial charge in [-0.25, -0.2) is 18.1 Å². The van der Waals surface area contributed by atoms with E-state index in [0.717, 1.165) is 6.26 Å². The molecule has 0 unspecified atom stereocenters. The molecule has 0 aliphatic heterocycles. The van der Waals surface area contributed by atoms with Crippen LogP contribution < -0.4 is 21.3 Å². The first-order chi connectivity index (χ1) is 9.13. The minimum absolute atomic E-state index is 0.136. The Bertz CT molecular complexity index is 568. The normalized spacial score (nSPS) is 12.0. The molecule has 0 radical (unpaired) electrons. The van der Waals surface area contributed by atoms with E-state index in [4.69, 9.17) is 5.84 Å². The zero-order valence-electron chi connectivity index (χ0n) is 11.6. The van der Waals surface area contributed by atoms with Crippen molar-refractivity contribution in [2.24, 2.45) is 5.84 Å². The van der Waals surface area contributed by atoms with E-state index in [1.807, 2.05) is 0 Å². The molecule has 0 aromatic carbocycles. The highest BCUT2D eigenvalue weighted by Gasteiger charge is 2.23. The lowest BCUT2D eigenvalue weighted by Gasteiger charge is -2.25. The maximum atomic E-state index is 11.9. The first kappa shape index (κ1) is 16.3. The Morgan fingerprint density at radius 3 is 2.50 bits per heavy atom. The van der Waals surface area contributed by atoms with E-state index in [-0.39, 0.29) is 12.2 Å². The average Bonchev–Trinajstić information content (AvgIpc) is 2.33. The summed E-state index contributed by atoms with van der Waals surface area (Å²) in [6, 6.07) is 3.13. The second-order valence-corrected chi connectivity index (χ2v) is 6.77. The van der Waals surface area contributed by atoms with Gasteiger partial charge in [0, 0.05) is 12.1 Å². The van der Waals surface area contributed by atoms with Crippen LogP contribution in [0.4, 0.5) is 5.69 Å². The molecule has 0 saturated heterocycles. The van der Waals surface area contributed by atoms with Crippen molar-refractivity contribution in [3.8, 4) is 0 Å². The molecular weight excluding hydrogens is 282 g/mol. The molecule has 9 heteroatoms. The van der Waals surface area contributed by atoms with Gasteiger partial charge < -0.3 is 10.7 Å². The number of anilines is 1. The monoisotopic (exact) mass is 301 g/mol. The molecule has 0 atom stereocenters. The van der Waals surface area contributed by atoms with Crippen molar-refractivity contribution in [3.63, 3.8) is 0 Å². The third kappa shape index (κ3) is 5.51. The topological polar surface area (TPSA) is 126 Å². The van der Waals surface area contributed by atoms with Gasteiger partial charge in [0.25, 0.3) is 5.91 Å². The van der Waals surface area contributed by atoms with Crippen LogP contribution in [0.15, 0.2) is 18.3 Å². The summed E-state index contributed by atoms with van der Waals surface area (Å²) in [5, 5.41) is 2.62. The van der Waals surface area contributed by atoms with Crippen LogP contribution in [0.25, 0.3) is 0 Å². The van der Waals surface area contributed by atoms with Gasteiger partial charge in [-0.3, -0.25) is 10.6 Å². The van der Waals surface area contributed by atoms with E-state index in [0.29, 0.717) is 5.69 Å². The number of hydrazine groups is 1. The quantitative estimate of drug-likeness (QED) is 0.411. The zero-order valence-corrected chi connectivity index (χ0v) is 12.4. The Balaban J connectivity index is 2.62. The minimum atomic E-state index is -3.34. The number of pyridine rings is 1. The number of carbonyl (C=O) groups excluding carboxylic acids is 1. The predicted molar refractivity (Wildman–Crippen MR) is 76.4 cm³/mol. The van der Waals surface area contributed by atoms with Gasteiger partial charge >= 0.3 is 0 Å². The molecule has 0 fully saturated rings. The van der Waals surface area contributed by atoms with Crippen molar-refractivity contribution in [2.75, 3.05) is 18.2 Å². The molecule has 0 bridgehead atoms. The second-order valence-electron chi connectivity index (χ2n) is 5.02. The van der Waals surface area contributed by atoms with Crippen molar-refractivity contribution >= 4 is 21.6 Å². The molecule has 1 aromatic heterocycles. The van der Waals surface area contributed by atoms with Crippen molar-refractivity contribution in [1.29, 1.82) is 0 Å². The van der Waals surface area contributed by atoms with Gasteiger partial charge in [-0.15, -0.1) is 0 Å². The van der Waals surface area contributed by atoms with E-state index in [1.165, 1.54) is 12.3 Å². The minimum Gasteiger partial charge on any atom is -0.349 e. The summed E-state index contributed by atoms with van der Waals surface area (Å²) in [5.41, 5.74) is 2.42. The lowest BCUT2D eigenvalue weighted by Crippen LogP contribution is -2.51. The zero-order chi connectivity index (χ0) is 15.4. The molecule has 1 heterocycles. The maximum Gasteiger partial charge on any atom is 0.269 e. The van der Waals surface area contributed by atoms with Gasteiger partial charge in [0.15, 0.2) is 0 Å². The van der Waals surface area contributed by atoms with E-state index in [1.54, 1.807) is 19.9 Å². The van der Waals surface area contributed by atoms with E-state index in [2.05, 4.69) is 20.4 Å². The first-order valence-corrected chi connectivity index (χ1v) is 7.72. The summed E-state index contributed by atoms with van der Waals surface area (Å²) in [5.74, 6) is 4.80. The molecule has 0 saturated carbocycles. The summed E-state index contributed by atoms with van der Waals surface area (Å²) < 4.78 is 24.8. The number of hydrogen-bond acceptors (Lipinski definition) is 6. The fourth-order valence-electron chi connectivity index (χ4n) is 1.54. The molecular formula is C11H19N5O3S. The number of nitrogen functional groups attached to an aromatic ring is 1. The van der Waals surface area contributed by atoms with Gasteiger partial charge in [0.05, 0.1) is 18.1 Å². The van der Waals surface area contributed by atoms with Crippen molar-refractivity contribution < 1.29 is 13.2 Å². The first-order valence-electron chi connectivity index (χ1n) is 5.83. The largest absolute Gasteiger partial charge is 0.349 e. The smallest absolute Gasteiger partial charge is 0.269 e. The lowest BCUT2D eigenvalue weighted by atomic mass is 10.1. The van der Waals surface area contributed by atoms with Gasteiger partial charge in [-0.1, -0.05) is 0 Å². The number of carbonyl (C=O) groups is 1. The van der Waals surface area contributed by atoms with Crippen molar-refractivity contribution in [1.82, 2.24) is 15.0 Å². The summed E-state index contributed by atoms with van der Waals surface area (Å²) in [6.45, 7) is 3.48. The highest BCUT2D eigenvalue weighted by atomic mass is 32.2. The summed E-state index contributed by atoms with van der Waals surface area (Å²) in [6.07, 6.45) is 2.49. The fourth-order valence-corrected chi connectivity index (χ4v) is 2.62. The van der Waals surface area contributed by atoms with Crippen LogP contribution in [0.3, 0.4) is 0 Å². The van der Waals surface area contributed by atoms with Crippen LogP contribution in [-0.2, 0) is 10.0 Å². The van der Waals surface area contributed by atoms with Gasteiger partial charge in [-0.05, 0) is 26.0 Å². The molecule has 112 valence electrons. The number of nitrogens with zero attached hydrogens (tertiary/aromatic N) is 1. The number of rotatable bonds is 6. The Kier molecular flexibility index (Phi) is 5.03. The standard InChI is InChI=1S/C11H19N5O3S/c1-11(2,16-20(3,18)19)7-14-10(17)9-5-4-8(15-12)6-13-9/h4-6,15-16H,7,12H2,1-3H3,(H,14,17). The van der Waals surface area contributed by atoms with Crippen LogP contribution >= 0.6 is 0 Å². The van der Waals surface area contributed by atoms with Crippen LogP contribution in [-0.4, -0.2) is 37.6 Å². The third-order valence-electron chi connectivity index (χ3n) is 2.32. The highest BCUT2D eigenvalue weighted by molar-refractivity contribution is 7.88. The molecule has 0 aliphatic rings. The van der Waals surface area contributed by atoms with E-state index >= 15 is 0 Å². The number of aromatic nitrogens is 1. The number of hydrogen-bond donors (Lipinski definition) is 4. The molecule has 20 heavy (non-hydrogen) atoms. The van der Waals surface area contributed by atoms with Crippen LogP contribution in [0.1, 0.15) is 24.3 Å². The molecule has 1 aromatic rings. The third-order valence-corrected chi connectivity index (χ3v) is 3.24. The summed E-state index contributed by atoms with van der Waals surface area (Å²) in [4.78, 5) is 15.8. The molecule has 0 aliphatic carbocycles. The predicted octanol–water partition coefficient (Wildman–Crippen LogP) is -0.575.